The number of rotatable bonds is 5. The molecule has 2 nitrogen and oxygen atoms in total. The van der Waals surface area contributed by atoms with Gasteiger partial charge in [-0.25, -0.2) is 0 Å². The van der Waals surface area contributed by atoms with Gasteiger partial charge in [-0.15, -0.1) is 0 Å². The maximum absolute atomic E-state index is 6.79. The van der Waals surface area contributed by atoms with Crippen molar-refractivity contribution in [1.29, 1.82) is 0 Å². The smallest absolute Gasteiger partial charge is 0.136 e. The Kier molecular flexibility index (Phi) is 8.14. The minimum absolute atomic E-state index is 0.886. The molecule has 0 unspecified atom stereocenters. The summed E-state index contributed by atoms with van der Waals surface area (Å²) in [7, 11) is 0. The van der Waals surface area contributed by atoms with Crippen molar-refractivity contribution in [3.8, 4) is 44.5 Å². The van der Waals surface area contributed by atoms with E-state index < -0.39 is 0 Å². The quantitative estimate of drug-likeness (QED) is 0.158. The molecular formula is C64H41NO. The summed E-state index contributed by atoms with van der Waals surface area (Å²) in [5, 5.41) is 14.7. The first kappa shape index (κ1) is 37.0. The van der Waals surface area contributed by atoms with Crippen LogP contribution >= 0.6 is 0 Å². The summed E-state index contributed by atoms with van der Waals surface area (Å²) < 4.78 is 9.26. The van der Waals surface area contributed by atoms with E-state index in [1.165, 1.54) is 110 Å². The second-order valence-corrected chi connectivity index (χ2v) is 17.8. The zero-order valence-electron chi connectivity index (χ0n) is 36.1. The van der Waals surface area contributed by atoms with E-state index in [2.05, 4.69) is 229 Å². The molecule has 0 spiro atoms. The number of nitrogens with zero attached hydrogens (tertiary/aromatic N) is 1. The third-order valence-electron chi connectivity index (χ3n) is 14.2. The molecule has 1 aliphatic carbocycles. The summed E-state index contributed by atoms with van der Waals surface area (Å²) in [5.74, 6) is 0. The van der Waals surface area contributed by atoms with Gasteiger partial charge in [0.05, 0.1) is 11.0 Å². The van der Waals surface area contributed by atoms with Crippen molar-refractivity contribution in [3.63, 3.8) is 0 Å². The summed E-state index contributed by atoms with van der Waals surface area (Å²) in [5.41, 5.74) is 15.4. The Morgan fingerprint density at radius 3 is 1.33 bits per heavy atom. The normalized spacial score (nSPS) is 13.1. The maximum Gasteiger partial charge on any atom is 0.136 e. The average molecular weight is 840 g/mol. The van der Waals surface area contributed by atoms with E-state index in [1.807, 2.05) is 0 Å². The van der Waals surface area contributed by atoms with Gasteiger partial charge in [-0.05, 0) is 149 Å². The van der Waals surface area contributed by atoms with Crippen LogP contribution in [0.4, 0.5) is 0 Å². The first-order valence-electron chi connectivity index (χ1n) is 23.1. The summed E-state index contributed by atoms with van der Waals surface area (Å²) in [6.45, 7) is 0. The van der Waals surface area contributed by atoms with Gasteiger partial charge in [0.25, 0.3) is 0 Å². The van der Waals surface area contributed by atoms with Crippen LogP contribution in [0.1, 0.15) is 12.8 Å². The third-order valence-corrected chi connectivity index (χ3v) is 14.2. The van der Waals surface area contributed by atoms with Crippen LogP contribution in [0.3, 0.4) is 0 Å². The van der Waals surface area contributed by atoms with Gasteiger partial charge in [0, 0.05) is 27.2 Å². The van der Waals surface area contributed by atoms with E-state index in [-0.39, 0.29) is 0 Å². The molecule has 0 amide bonds. The largest absolute Gasteiger partial charge is 0.456 e. The molecule has 0 saturated heterocycles. The van der Waals surface area contributed by atoms with Crippen LogP contribution < -0.4 is 0 Å². The molecule has 0 bridgehead atoms. The molecule has 2 heterocycles. The SMILES string of the molecule is C1=CCCC(n2c3ccccc3c3cc(-c4c5ccccc5c(-c5ccc6c(c5)oc5ccc(-c7c8ccccc8c(-c8ccccc8)c8ccccc78)cc56)c5ccccc45)ccc32)=C1. The Morgan fingerprint density at radius 1 is 0.318 bits per heavy atom. The zero-order valence-corrected chi connectivity index (χ0v) is 36.1. The van der Waals surface area contributed by atoms with Crippen molar-refractivity contribution in [1.82, 2.24) is 4.57 Å². The van der Waals surface area contributed by atoms with Gasteiger partial charge in [0.15, 0.2) is 0 Å². The highest BCUT2D eigenvalue weighted by molar-refractivity contribution is 6.24. The van der Waals surface area contributed by atoms with Crippen molar-refractivity contribution in [2.24, 2.45) is 0 Å². The van der Waals surface area contributed by atoms with Gasteiger partial charge in [0.2, 0.25) is 0 Å². The van der Waals surface area contributed by atoms with Crippen molar-refractivity contribution < 1.29 is 4.42 Å². The van der Waals surface area contributed by atoms with E-state index in [4.69, 9.17) is 4.42 Å². The highest BCUT2D eigenvalue weighted by Crippen LogP contribution is 2.48. The predicted octanol–water partition coefficient (Wildman–Crippen LogP) is 18.2. The summed E-state index contributed by atoms with van der Waals surface area (Å²) >= 11 is 0. The number of para-hydroxylation sites is 1. The maximum atomic E-state index is 6.79. The highest BCUT2D eigenvalue weighted by Gasteiger charge is 2.22. The van der Waals surface area contributed by atoms with Crippen LogP contribution in [0.5, 0.6) is 0 Å². The molecule has 0 saturated carbocycles. The number of fused-ring (bicyclic) bond motifs is 10. The Hall–Kier alpha value is -8.46. The molecule has 11 aromatic carbocycles. The van der Waals surface area contributed by atoms with E-state index in [0.29, 0.717) is 0 Å². The van der Waals surface area contributed by atoms with E-state index >= 15 is 0 Å². The molecule has 0 N–H and O–H groups in total. The van der Waals surface area contributed by atoms with Gasteiger partial charge < -0.3 is 8.98 Å². The Morgan fingerprint density at radius 2 is 0.773 bits per heavy atom. The number of allylic oxidation sites excluding steroid dienone is 4. The zero-order chi connectivity index (χ0) is 43.3. The lowest BCUT2D eigenvalue weighted by Gasteiger charge is -2.18. The van der Waals surface area contributed by atoms with Crippen LogP contribution in [-0.2, 0) is 0 Å². The molecule has 2 aromatic heterocycles. The van der Waals surface area contributed by atoms with E-state index in [1.54, 1.807) is 0 Å². The fourth-order valence-electron chi connectivity index (χ4n) is 11.4. The van der Waals surface area contributed by atoms with Crippen molar-refractivity contribution in [2.75, 3.05) is 0 Å². The lowest BCUT2D eigenvalue weighted by atomic mass is 9.85. The molecule has 0 atom stereocenters. The highest BCUT2D eigenvalue weighted by atomic mass is 16.3. The fraction of sp³-hybridized carbons (Fsp3) is 0.0312. The molecule has 0 radical (unpaired) electrons. The number of aromatic nitrogens is 1. The Labute approximate surface area is 381 Å². The summed E-state index contributed by atoms with van der Waals surface area (Å²) in [6, 6.07) is 76.0. The molecule has 66 heavy (non-hydrogen) atoms. The molecule has 13 aromatic rings. The Balaban J connectivity index is 0.940. The monoisotopic (exact) mass is 839 g/mol. The minimum Gasteiger partial charge on any atom is -0.456 e. The van der Waals surface area contributed by atoms with Crippen LogP contribution in [0.2, 0.25) is 0 Å². The van der Waals surface area contributed by atoms with E-state index in [0.717, 1.165) is 40.3 Å². The van der Waals surface area contributed by atoms with E-state index in [9.17, 15) is 0 Å². The predicted molar refractivity (Wildman–Crippen MR) is 281 cm³/mol. The van der Waals surface area contributed by atoms with Gasteiger partial charge in [-0.3, -0.25) is 0 Å². The first-order valence-corrected chi connectivity index (χ1v) is 23.1. The van der Waals surface area contributed by atoms with Crippen molar-refractivity contribution >= 4 is 92.5 Å². The Bertz CT molecular complexity index is 4100. The molecule has 308 valence electrons. The lowest BCUT2D eigenvalue weighted by molar-refractivity contribution is 0.669. The second-order valence-electron chi connectivity index (χ2n) is 17.8. The van der Waals surface area contributed by atoms with Crippen LogP contribution in [0.15, 0.2) is 229 Å². The van der Waals surface area contributed by atoms with Crippen LogP contribution in [-0.4, -0.2) is 4.57 Å². The van der Waals surface area contributed by atoms with Gasteiger partial charge in [-0.2, -0.15) is 0 Å². The lowest BCUT2D eigenvalue weighted by Crippen LogP contribution is -1.98. The molecule has 1 aliphatic rings. The number of benzene rings is 11. The van der Waals surface area contributed by atoms with Crippen molar-refractivity contribution in [2.45, 2.75) is 12.8 Å². The average Bonchev–Trinajstić information content (AvgIpc) is 3.92. The third kappa shape index (κ3) is 5.49. The summed E-state index contributed by atoms with van der Waals surface area (Å²) in [6.07, 6.45) is 8.83. The number of hydrogen-bond acceptors (Lipinski definition) is 1. The molecule has 0 fully saturated rings. The molecular weight excluding hydrogens is 799 g/mol. The van der Waals surface area contributed by atoms with Crippen LogP contribution in [0.25, 0.3) is 137 Å². The number of furan rings is 1. The van der Waals surface area contributed by atoms with Gasteiger partial charge >= 0.3 is 0 Å². The topological polar surface area (TPSA) is 18.1 Å². The van der Waals surface area contributed by atoms with Gasteiger partial charge in [-0.1, -0.05) is 176 Å². The molecule has 14 rings (SSSR count). The fourth-order valence-corrected chi connectivity index (χ4v) is 11.4. The van der Waals surface area contributed by atoms with Gasteiger partial charge in [0.1, 0.15) is 11.2 Å². The molecule has 2 heteroatoms. The van der Waals surface area contributed by atoms with Crippen LogP contribution in [0, 0.1) is 0 Å². The second kappa shape index (κ2) is 14.5. The standard InChI is InChI=1S/C64H41NO/c1-3-17-40(18-4-1)61-47-22-7-9-24-49(47)63(50-25-10-8-23-48(50)61)42-33-36-59-56(38-42)46-34-31-43(39-60(46)66-59)64-53-28-13-11-26-51(53)62(52-27-12-14-29-54(52)64)41-32-35-58-55(37-41)45-21-15-16-30-57(45)65(58)44-19-5-2-6-20-44/h1-5,7-19,21-39H,6,20H2. The molecule has 0 aliphatic heterocycles. The minimum atomic E-state index is 0.886. The number of hydrogen-bond donors (Lipinski definition) is 0. The summed E-state index contributed by atoms with van der Waals surface area (Å²) in [4.78, 5) is 0. The van der Waals surface area contributed by atoms with Crippen molar-refractivity contribution in [3.05, 3.63) is 224 Å². The first-order chi connectivity index (χ1) is 32.8.